The summed E-state index contributed by atoms with van der Waals surface area (Å²) in [6.07, 6.45) is 1.08. The van der Waals surface area contributed by atoms with Crippen molar-refractivity contribution in [2.24, 2.45) is 5.92 Å². The van der Waals surface area contributed by atoms with Crippen LogP contribution in [-0.2, 0) is 0 Å². The van der Waals surface area contributed by atoms with Gasteiger partial charge in [-0.3, -0.25) is 0 Å². The Morgan fingerprint density at radius 1 is 1.50 bits per heavy atom. The number of hydrogen-bond donors (Lipinski definition) is 1. The Labute approximate surface area is 101 Å². The van der Waals surface area contributed by atoms with Gasteiger partial charge in [0.15, 0.2) is 0 Å². The van der Waals surface area contributed by atoms with Crippen LogP contribution < -0.4 is 5.32 Å². The van der Waals surface area contributed by atoms with Crippen LogP contribution in [0, 0.1) is 11.7 Å². The second kappa shape index (κ2) is 4.72. The number of benzene rings is 1. The van der Waals surface area contributed by atoms with Crippen LogP contribution in [0.1, 0.15) is 31.7 Å². The molecule has 1 aromatic rings. The summed E-state index contributed by atoms with van der Waals surface area (Å²) in [6, 6.07) is 5.49. The van der Waals surface area contributed by atoms with E-state index in [-0.39, 0.29) is 5.82 Å². The van der Waals surface area contributed by atoms with E-state index in [1.54, 1.807) is 6.07 Å². The van der Waals surface area contributed by atoms with Gasteiger partial charge in [-0.25, -0.2) is 4.39 Å². The van der Waals surface area contributed by atoms with Gasteiger partial charge < -0.3 is 5.32 Å². The van der Waals surface area contributed by atoms with Crippen molar-refractivity contribution >= 4 is 11.6 Å². The van der Waals surface area contributed by atoms with Gasteiger partial charge in [0.05, 0.1) is 0 Å². The molecule has 0 aliphatic heterocycles. The van der Waals surface area contributed by atoms with Gasteiger partial charge in [-0.15, -0.1) is 0 Å². The third-order valence-corrected chi connectivity index (χ3v) is 3.31. The fourth-order valence-electron chi connectivity index (χ4n) is 2.04. The summed E-state index contributed by atoms with van der Waals surface area (Å²) in [7, 11) is 0. The first-order valence-electron chi connectivity index (χ1n) is 5.76. The minimum atomic E-state index is -0.162. The summed E-state index contributed by atoms with van der Waals surface area (Å²) in [5, 5.41) is 3.86. The van der Waals surface area contributed by atoms with Crippen LogP contribution in [0.15, 0.2) is 18.2 Å². The highest BCUT2D eigenvalue weighted by Crippen LogP contribution is 2.48. The Bertz CT molecular complexity index is 378. The summed E-state index contributed by atoms with van der Waals surface area (Å²) in [5.41, 5.74) is 0.819. The van der Waals surface area contributed by atoms with Crippen molar-refractivity contribution in [2.75, 3.05) is 6.54 Å². The molecule has 1 fully saturated rings. The molecule has 2 unspecified atom stereocenters. The number of hydrogen-bond acceptors (Lipinski definition) is 1. The molecule has 1 aliphatic carbocycles. The van der Waals surface area contributed by atoms with E-state index in [0.717, 1.165) is 18.5 Å². The highest BCUT2D eigenvalue weighted by Gasteiger charge is 2.39. The van der Waals surface area contributed by atoms with Crippen LogP contribution in [0.25, 0.3) is 0 Å². The van der Waals surface area contributed by atoms with E-state index >= 15 is 0 Å². The Hall–Kier alpha value is -0.600. The van der Waals surface area contributed by atoms with Crippen LogP contribution >= 0.6 is 11.6 Å². The molecule has 3 heteroatoms. The maximum absolute atomic E-state index is 13.6. The molecular weight excluding hydrogens is 225 g/mol. The van der Waals surface area contributed by atoms with E-state index < -0.39 is 0 Å². The second-order valence-electron chi connectivity index (χ2n) is 4.83. The molecule has 2 rings (SSSR count). The first-order chi connectivity index (χ1) is 7.58. The number of nitrogens with one attached hydrogen (secondary N) is 1. The summed E-state index contributed by atoms with van der Waals surface area (Å²) >= 11 is 5.73. The molecule has 0 spiro atoms. The molecule has 1 aliphatic rings. The Balaban J connectivity index is 1.95. The van der Waals surface area contributed by atoms with Gasteiger partial charge in [-0.2, -0.15) is 0 Å². The molecule has 88 valence electrons. The molecule has 1 saturated carbocycles. The SMILES string of the molecule is CC(C)NCC1CC1c1ccc(Cl)cc1F. The maximum Gasteiger partial charge on any atom is 0.128 e. The smallest absolute Gasteiger partial charge is 0.128 e. The van der Waals surface area contributed by atoms with Crippen molar-refractivity contribution in [1.29, 1.82) is 0 Å². The Morgan fingerprint density at radius 2 is 2.25 bits per heavy atom. The van der Waals surface area contributed by atoms with Crippen molar-refractivity contribution in [3.8, 4) is 0 Å². The molecule has 1 nitrogen and oxygen atoms in total. The Kier molecular flexibility index (Phi) is 3.50. The second-order valence-corrected chi connectivity index (χ2v) is 5.27. The lowest BCUT2D eigenvalue weighted by Gasteiger charge is -2.07. The lowest BCUT2D eigenvalue weighted by atomic mass is 10.1. The third-order valence-electron chi connectivity index (χ3n) is 3.07. The van der Waals surface area contributed by atoms with Gasteiger partial charge >= 0.3 is 0 Å². The molecule has 0 aromatic heterocycles. The van der Waals surface area contributed by atoms with Gasteiger partial charge in [0, 0.05) is 11.1 Å². The maximum atomic E-state index is 13.6. The van der Waals surface area contributed by atoms with Crippen LogP contribution in [0.2, 0.25) is 5.02 Å². The van der Waals surface area contributed by atoms with Crippen LogP contribution in [-0.4, -0.2) is 12.6 Å². The summed E-state index contributed by atoms with van der Waals surface area (Å²) in [6.45, 7) is 5.23. The van der Waals surface area contributed by atoms with Crippen molar-refractivity contribution < 1.29 is 4.39 Å². The third kappa shape index (κ3) is 2.74. The molecule has 16 heavy (non-hydrogen) atoms. The largest absolute Gasteiger partial charge is 0.314 e. The molecule has 1 N–H and O–H groups in total. The summed E-state index contributed by atoms with van der Waals surface area (Å²) in [5.74, 6) is 0.797. The van der Waals surface area contributed by atoms with Gasteiger partial charge in [0.1, 0.15) is 5.82 Å². The summed E-state index contributed by atoms with van der Waals surface area (Å²) in [4.78, 5) is 0. The van der Waals surface area contributed by atoms with E-state index in [9.17, 15) is 4.39 Å². The predicted molar refractivity (Wildman–Crippen MR) is 65.4 cm³/mol. The van der Waals surface area contributed by atoms with Gasteiger partial charge in [-0.05, 0) is 42.5 Å². The van der Waals surface area contributed by atoms with E-state index in [4.69, 9.17) is 11.6 Å². The number of rotatable bonds is 4. The first kappa shape index (κ1) is 11.9. The van der Waals surface area contributed by atoms with Gasteiger partial charge in [-0.1, -0.05) is 31.5 Å². The van der Waals surface area contributed by atoms with Crippen molar-refractivity contribution in [3.63, 3.8) is 0 Å². The van der Waals surface area contributed by atoms with Crippen molar-refractivity contribution in [2.45, 2.75) is 32.2 Å². The van der Waals surface area contributed by atoms with Gasteiger partial charge in [0.25, 0.3) is 0 Å². The topological polar surface area (TPSA) is 12.0 Å². The zero-order valence-electron chi connectivity index (χ0n) is 9.63. The van der Waals surface area contributed by atoms with E-state index in [1.165, 1.54) is 6.07 Å². The van der Waals surface area contributed by atoms with Crippen LogP contribution in [0.3, 0.4) is 0 Å². The minimum absolute atomic E-state index is 0.162. The Morgan fingerprint density at radius 3 is 2.88 bits per heavy atom. The fraction of sp³-hybridized carbons (Fsp3) is 0.538. The lowest BCUT2D eigenvalue weighted by molar-refractivity contribution is 0.549. The van der Waals surface area contributed by atoms with Crippen molar-refractivity contribution in [3.05, 3.63) is 34.6 Å². The average molecular weight is 242 g/mol. The quantitative estimate of drug-likeness (QED) is 0.850. The van der Waals surface area contributed by atoms with Crippen molar-refractivity contribution in [1.82, 2.24) is 5.32 Å². The monoisotopic (exact) mass is 241 g/mol. The minimum Gasteiger partial charge on any atom is -0.314 e. The molecule has 2 atom stereocenters. The summed E-state index contributed by atoms with van der Waals surface area (Å²) < 4.78 is 13.6. The lowest BCUT2D eigenvalue weighted by Crippen LogP contribution is -2.25. The van der Waals surface area contributed by atoms with Gasteiger partial charge in [0.2, 0.25) is 0 Å². The molecule has 0 radical (unpaired) electrons. The molecule has 0 saturated heterocycles. The molecule has 0 bridgehead atoms. The van der Waals surface area contributed by atoms with Crippen LogP contribution in [0.4, 0.5) is 4.39 Å². The average Bonchev–Trinajstić information content (AvgIpc) is 2.94. The predicted octanol–water partition coefficient (Wildman–Crippen LogP) is 3.58. The van der Waals surface area contributed by atoms with E-state index in [0.29, 0.717) is 22.9 Å². The molecule has 1 aromatic carbocycles. The highest BCUT2D eigenvalue weighted by molar-refractivity contribution is 6.30. The van der Waals surface area contributed by atoms with Crippen LogP contribution in [0.5, 0.6) is 0 Å². The zero-order valence-corrected chi connectivity index (χ0v) is 10.4. The van der Waals surface area contributed by atoms with E-state index in [2.05, 4.69) is 19.2 Å². The van der Waals surface area contributed by atoms with E-state index in [1.807, 2.05) is 6.07 Å². The molecular formula is C13H17ClFN. The number of halogens is 2. The standard InChI is InChI=1S/C13H17ClFN/c1-8(2)16-7-9-5-12(9)11-4-3-10(14)6-13(11)15/h3-4,6,8-9,12,16H,5,7H2,1-2H3. The zero-order chi connectivity index (χ0) is 11.7. The normalized spacial score (nSPS) is 23.8. The first-order valence-corrected chi connectivity index (χ1v) is 6.14. The molecule has 0 amide bonds. The highest BCUT2D eigenvalue weighted by atomic mass is 35.5. The molecule has 0 heterocycles. The fourth-order valence-corrected chi connectivity index (χ4v) is 2.20.